The van der Waals surface area contributed by atoms with Crippen LogP contribution in [0, 0.1) is 0 Å². The minimum absolute atomic E-state index is 0.0605. The molecule has 0 atom stereocenters. The van der Waals surface area contributed by atoms with Gasteiger partial charge in [0.15, 0.2) is 16.4 Å². The van der Waals surface area contributed by atoms with Gasteiger partial charge < -0.3 is 15.0 Å². The van der Waals surface area contributed by atoms with Gasteiger partial charge in [0.2, 0.25) is 5.91 Å². The normalized spacial score (nSPS) is 13.7. The van der Waals surface area contributed by atoms with Gasteiger partial charge in [0.1, 0.15) is 5.75 Å². The molecule has 0 saturated carbocycles. The smallest absolute Gasteiger partial charge is 0.265 e. The fraction of sp³-hybridized carbons (Fsp3) is 0.222. The molecular weight excluding hydrogens is 356 g/mol. The molecule has 0 aromatic heterocycles. The number of carbonyl (C=O) groups is 2. The fourth-order valence-electron chi connectivity index (χ4n) is 2.64. The Morgan fingerprint density at radius 1 is 1.19 bits per heavy atom. The number of fused-ring (bicyclic) bond motifs is 1. The molecule has 0 bridgehead atoms. The summed E-state index contributed by atoms with van der Waals surface area (Å²) in [5, 5.41) is 2.66. The molecule has 3 rings (SSSR count). The predicted octanol–water partition coefficient (Wildman–Crippen LogP) is 1.84. The highest BCUT2D eigenvalue weighted by atomic mass is 32.2. The Balaban J connectivity index is 1.66. The maximum atomic E-state index is 12.2. The summed E-state index contributed by atoms with van der Waals surface area (Å²) in [7, 11) is -3.35. The van der Waals surface area contributed by atoms with Crippen molar-refractivity contribution in [2.24, 2.45) is 0 Å². The van der Waals surface area contributed by atoms with Gasteiger partial charge >= 0.3 is 0 Å². The number of amides is 2. The molecule has 1 aliphatic rings. The quantitative estimate of drug-likeness (QED) is 0.862. The molecule has 1 heterocycles. The summed E-state index contributed by atoms with van der Waals surface area (Å²) in [4.78, 5) is 25.9. The molecule has 2 amide bonds. The Morgan fingerprint density at radius 2 is 1.96 bits per heavy atom. The first-order chi connectivity index (χ1) is 12.3. The fourth-order valence-corrected chi connectivity index (χ4v) is 3.31. The zero-order valence-corrected chi connectivity index (χ0v) is 15.0. The summed E-state index contributed by atoms with van der Waals surface area (Å²) in [6.45, 7) is 0.145. The van der Waals surface area contributed by atoms with Gasteiger partial charge in [0.25, 0.3) is 5.91 Å². The molecule has 0 aliphatic carbocycles. The monoisotopic (exact) mass is 374 g/mol. The van der Waals surface area contributed by atoms with E-state index in [1.807, 2.05) is 6.07 Å². The van der Waals surface area contributed by atoms with Crippen LogP contribution < -0.4 is 15.0 Å². The summed E-state index contributed by atoms with van der Waals surface area (Å²) in [5.74, 6) is 0.0800. The van der Waals surface area contributed by atoms with E-state index < -0.39 is 9.84 Å². The molecule has 0 radical (unpaired) electrons. The highest BCUT2D eigenvalue weighted by Gasteiger charge is 2.25. The van der Waals surface area contributed by atoms with Gasteiger partial charge in [-0.05, 0) is 30.3 Å². The highest BCUT2D eigenvalue weighted by molar-refractivity contribution is 7.90. The zero-order valence-electron chi connectivity index (χ0n) is 14.1. The van der Waals surface area contributed by atoms with Crippen molar-refractivity contribution < 1.29 is 22.7 Å². The number of hydrogen-bond acceptors (Lipinski definition) is 5. The minimum atomic E-state index is -3.35. The van der Waals surface area contributed by atoms with E-state index >= 15 is 0 Å². The number of rotatable bonds is 5. The topological polar surface area (TPSA) is 92.8 Å². The third-order valence-corrected chi connectivity index (χ3v) is 5.03. The Bertz CT molecular complexity index is 956. The van der Waals surface area contributed by atoms with Crippen molar-refractivity contribution in [3.63, 3.8) is 0 Å². The predicted molar refractivity (Wildman–Crippen MR) is 97.1 cm³/mol. The maximum absolute atomic E-state index is 12.2. The van der Waals surface area contributed by atoms with E-state index in [0.29, 0.717) is 17.1 Å². The SMILES string of the molecule is CS(=O)(=O)c1cccc(NC(=O)CCN2C(=O)COc3ccccc32)c1. The molecule has 0 saturated heterocycles. The molecular formula is C18H18N2O5S. The van der Waals surface area contributed by atoms with E-state index in [4.69, 9.17) is 4.74 Å². The van der Waals surface area contributed by atoms with Gasteiger partial charge in [-0.2, -0.15) is 0 Å². The number of carbonyl (C=O) groups excluding carboxylic acids is 2. The Morgan fingerprint density at radius 3 is 2.73 bits per heavy atom. The first-order valence-corrected chi connectivity index (χ1v) is 9.86. The lowest BCUT2D eigenvalue weighted by molar-refractivity contribution is -0.121. The lowest BCUT2D eigenvalue weighted by Crippen LogP contribution is -2.40. The second-order valence-electron chi connectivity index (χ2n) is 5.90. The van der Waals surface area contributed by atoms with Crippen LogP contribution in [0.1, 0.15) is 6.42 Å². The molecule has 136 valence electrons. The minimum Gasteiger partial charge on any atom is -0.482 e. The van der Waals surface area contributed by atoms with Crippen molar-refractivity contribution >= 4 is 33.0 Å². The second-order valence-corrected chi connectivity index (χ2v) is 7.92. The van der Waals surface area contributed by atoms with Crippen LogP contribution in [0.15, 0.2) is 53.4 Å². The van der Waals surface area contributed by atoms with Crippen molar-refractivity contribution in [2.45, 2.75) is 11.3 Å². The summed E-state index contributed by atoms with van der Waals surface area (Å²) in [6.07, 6.45) is 1.18. The molecule has 0 spiro atoms. The van der Waals surface area contributed by atoms with Gasteiger partial charge in [0, 0.05) is 24.9 Å². The average molecular weight is 374 g/mol. The van der Waals surface area contributed by atoms with Crippen LogP contribution in [-0.4, -0.2) is 39.6 Å². The van der Waals surface area contributed by atoms with E-state index in [-0.39, 0.29) is 36.3 Å². The summed E-state index contributed by atoms with van der Waals surface area (Å²) < 4.78 is 28.5. The number of sulfone groups is 1. The van der Waals surface area contributed by atoms with E-state index in [1.165, 1.54) is 17.0 Å². The number of ether oxygens (including phenoxy) is 1. The molecule has 2 aromatic carbocycles. The largest absolute Gasteiger partial charge is 0.482 e. The van der Waals surface area contributed by atoms with Crippen LogP contribution in [0.2, 0.25) is 0 Å². The third-order valence-electron chi connectivity index (χ3n) is 3.92. The molecule has 8 heteroatoms. The lowest BCUT2D eigenvalue weighted by atomic mass is 10.2. The molecule has 0 unspecified atom stereocenters. The highest BCUT2D eigenvalue weighted by Crippen LogP contribution is 2.31. The number of nitrogens with one attached hydrogen (secondary N) is 1. The van der Waals surface area contributed by atoms with Crippen LogP contribution >= 0.6 is 0 Å². The Hall–Kier alpha value is -2.87. The van der Waals surface area contributed by atoms with Crippen LogP contribution in [0.3, 0.4) is 0 Å². The number of benzene rings is 2. The lowest BCUT2D eigenvalue weighted by Gasteiger charge is -2.29. The summed E-state index contributed by atoms with van der Waals surface area (Å²) in [6, 6.07) is 13.2. The third kappa shape index (κ3) is 4.02. The first kappa shape index (κ1) is 17.9. The Labute approximate surface area is 151 Å². The van der Waals surface area contributed by atoms with Gasteiger partial charge in [0.05, 0.1) is 10.6 Å². The average Bonchev–Trinajstić information content (AvgIpc) is 2.60. The van der Waals surface area contributed by atoms with Crippen molar-refractivity contribution in [1.82, 2.24) is 0 Å². The van der Waals surface area contributed by atoms with Crippen LogP contribution in [0.4, 0.5) is 11.4 Å². The van der Waals surface area contributed by atoms with E-state index in [2.05, 4.69) is 5.32 Å². The van der Waals surface area contributed by atoms with Crippen LogP contribution in [-0.2, 0) is 19.4 Å². The van der Waals surface area contributed by atoms with Crippen molar-refractivity contribution in [1.29, 1.82) is 0 Å². The van der Waals surface area contributed by atoms with Gasteiger partial charge in [-0.25, -0.2) is 8.42 Å². The first-order valence-electron chi connectivity index (χ1n) is 7.97. The second kappa shape index (κ2) is 7.17. The molecule has 7 nitrogen and oxygen atoms in total. The van der Waals surface area contributed by atoms with Gasteiger partial charge in [-0.3, -0.25) is 9.59 Å². The van der Waals surface area contributed by atoms with Crippen molar-refractivity contribution in [3.8, 4) is 5.75 Å². The van der Waals surface area contributed by atoms with E-state index in [9.17, 15) is 18.0 Å². The standard InChI is InChI=1S/C18H18N2O5S/c1-26(23,24)14-6-4-5-13(11-14)19-17(21)9-10-20-15-7-2-3-8-16(15)25-12-18(20)22/h2-8,11H,9-10,12H2,1H3,(H,19,21). The van der Waals surface area contributed by atoms with Crippen molar-refractivity contribution in [3.05, 3.63) is 48.5 Å². The number of para-hydroxylation sites is 2. The molecule has 1 N–H and O–H groups in total. The number of nitrogens with zero attached hydrogens (tertiary/aromatic N) is 1. The molecule has 0 fully saturated rings. The number of anilines is 2. The molecule has 1 aliphatic heterocycles. The Kier molecular flexibility index (Phi) is 4.94. The summed E-state index contributed by atoms with van der Waals surface area (Å²) >= 11 is 0. The maximum Gasteiger partial charge on any atom is 0.265 e. The van der Waals surface area contributed by atoms with Gasteiger partial charge in [-0.15, -0.1) is 0 Å². The summed E-state index contributed by atoms with van der Waals surface area (Å²) in [5.41, 5.74) is 1.03. The van der Waals surface area contributed by atoms with Crippen LogP contribution in [0.5, 0.6) is 5.75 Å². The van der Waals surface area contributed by atoms with Crippen molar-refractivity contribution in [2.75, 3.05) is 29.6 Å². The molecule has 2 aromatic rings. The van der Waals surface area contributed by atoms with E-state index in [1.54, 1.807) is 30.3 Å². The van der Waals surface area contributed by atoms with Gasteiger partial charge in [-0.1, -0.05) is 18.2 Å². The zero-order chi connectivity index (χ0) is 18.7. The van der Waals surface area contributed by atoms with E-state index in [0.717, 1.165) is 6.26 Å². The molecule has 26 heavy (non-hydrogen) atoms. The van der Waals surface area contributed by atoms with Crippen LogP contribution in [0.25, 0.3) is 0 Å². The number of hydrogen-bond donors (Lipinski definition) is 1.